The molecule has 1 aromatic carbocycles. The lowest BCUT2D eigenvalue weighted by Crippen LogP contribution is -2.23. The predicted octanol–water partition coefficient (Wildman–Crippen LogP) is 3.20. The number of benzene rings is 1. The van der Waals surface area contributed by atoms with E-state index in [9.17, 15) is 8.78 Å². The second kappa shape index (κ2) is 5.81. The molecule has 1 aromatic rings. The third-order valence-corrected chi connectivity index (χ3v) is 2.32. The van der Waals surface area contributed by atoms with Crippen LogP contribution >= 0.6 is 0 Å². The fourth-order valence-electron chi connectivity index (χ4n) is 1.63. The molecule has 0 unspecified atom stereocenters. The number of halogens is 2. The molecule has 1 nitrogen and oxygen atoms in total. The second-order valence-corrected chi connectivity index (χ2v) is 3.65. The van der Waals surface area contributed by atoms with Crippen LogP contribution in [0.15, 0.2) is 18.2 Å². The Bertz CT molecular complexity index is 292. The quantitative estimate of drug-likeness (QED) is 0.726. The van der Waals surface area contributed by atoms with Gasteiger partial charge in [0.15, 0.2) is 0 Å². The molecule has 1 rings (SSSR count). The van der Waals surface area contributed by atoms with Crippen LogP contribution in [0.3, 0.4) is 0 Å². The molecule has 3 heteroatoms. The zero-order chi connectivity index (χ0) is 11.3. The van der Waals surface area contributed by atoms with E-state index in [0.29, 0.717) is 12.1 Å². The van der Waals surface area contributed by atoms with E-state index in [1.807, 2.05) is 6.92 Å². The third-order valence-electron chi connectivity index (χ3n) is 2.32. The van der Waals surface area contributed by atoms with Crippen LogP contribution in [0.5, 0.6) is 0 Å². The fraction of sp³-hybridized carbons (Fsp3) is 0.500. The van der Waals surface area contributed by atoms with Crippen LogP contribution in [0.1, 0.15) is 25.8 Å². The highest BCUT2D eigenvalue weighted by atomic mass is 19.1. The SMILES string of the molecule is CCCN(CC)Cc1cc(F)cc(F)c1. The van der Waals surface area contributed by atoms with Gasteiger partial charge in [-0.3, -0.25) is 4.90 Å². The maximum atomic E-state index is 12.9. The molecule has 0 radical (unpaired) electrons. The first-order valence-corrected chi connectivity index (χ1v) is 5.33. The molecule has 0 saturated heterocycles. The Morgan fingerprint density at radius 1 is 1.07 bits per heavy atom. The summed E-state index contributed by atoms with van der Waals surface area (Å²) in [6, 6.07) is 3.68. The molecular weight excluding hydrogens is 196 g/mol. The van der Waals surface area contributed by atoms with Crippen molar-refractivity contribution in [3.8, 4) is 0 Å². The molecule has 0 aliphatic rings. The Morgan fingerprint density at radius 2 is 1.67 bits per heavy atom. The van der Waals surface area contributed by atoms with E-state index in [-0.39, 0.29) is 0 Å². The summed E-state index contributed by atoms with van der Waals surface area (Å²) in [5.41, 5.74) is 0.697. The first kappa shape index (κ1) is 12.1. The lowest BCUT2D eigenvalue weighted by molar-refractivity contribution is 0.280. The summed E-state index contributed by atoms with van der Waals surface area (Å²) in [6.45, 7) is 6.60. The highest BCUT2D eigenvalue weighted by Crippen LogP contribution is 2.10. The topological polar surface area (TPSA) is 3.24 Å². The van der Waals surface area contributed by atoms with Crippen LogP contribution in [-0.4, -0.2) is 18.0 Å². The van der Waals surface area contributed by atoms with Crippen LogP contribution in [0.2, 0.25) is 0 Å². The van der Waals surface area contributed by atoms with E-state index in [1.165, 1.54) is 12.1 Å². The monoisotopic (exact) mass is 213 g/mol. The van der Waals surface area contributed by atoms with Gasteiger partial charge in [-0.05, 0) is 37.2 Å². The molecule has 0 heterocycles. The minimum atomic E-state index is -0.502. The first-order chi connectivity index (χ1) is 7.15. The van der Waals surface area contributed by atoms with Gasteiger partial charge in [0.25, 0.3) is 0 Å². The molecule has 0 fully saturated rings. The molecule has 0 aliphatic carbocycles. The lowest BCUT2D eigenvalue weighted by atomic mass is 10.2. The van der Waals surface area contributed by atoms with Crippen molar-refractivity contribution < 1.29 is 8.78 Å². The van der Waals surface area contributed by atoms with Gasteiger partial charge >= 0.3 is 0 Å². The van der Waals surface area contributed by atoms with Gasteiger partial charge in [0.1, 0.15) is 11.6 Å². The van der Waals surface area contributed by atoms with Crippen LogP contribution in [0.25, 0.3) is 0 Å². The van der Waals surface area contributed by atoms with Gasteiger partial charge in [-0.2, -0.15) is 0 Å². The highest BCUT2D eigenvalue weighted by Gasteiger charge is 2.05. The predicted molar refractivity (Wildman–Crippen MR) is 57.6 cm³/mol. The zero-order valence-electron chi connectivity index (χ0n) is 9.26. The number of hydrogen-bond donors (Lipinski definition) is 0. The Kier molecular flexibility index (Phi) is 4.69. The summed E-state index contributed by atoms with van der Waals surface area (Å²) >= 11 is 0. The zero-order valence-corrected chi connectivity index (χ0v) is 9.26. The maximum Gasteiger partial charge on any atom is 0.126 e. The van der Waals surface area contributed by atoms with E-state index in [0.717, 1.165) is 25.6 Å². The fourth-order valence-corrected chi connectivity index (χ4v) is 1.63. The number of nitrogens with zero attached hydrogens (tertiary/aromatic N) is 1. The molecular formula is C12H17F2N. The summed E-state index contributed by atoms with van der Waals surface area (Å²) in [5.74, 6) is -1.00. The average molecular weight is 213 g/mol. The van der Waals surface area contributed by atoms with E-state index in [1.54, 1.807) is 0 Å². The van der Waals surface area contributed by atoms with E-state index in [4.69, 9.17) is 0 Å². The third kappa shape index (κ3) is 3.96. The number of rotatable bonds is 5. The van der Waals surface area contributed by atoms with Gasteiger partial charge in [0.05, 0.1) is 0 Å². The van der Waals surface area contributed by atoms with Crippen molar-refractivity contribution in [3.63, 3.8) is 0 Å². The van der Waals surface area contributed by atoms with Gasteiger partial charge in [-0.25, -0.2) is 8.78 Å². The van der Waals surface area contributed by atoms with Crippen molar-refractivity contribution in [1.29, 1.82) is 0 Å². The van der Waals surface area contributed by atoms with Crippen molar-refractivity contribution in [2.24, 2.45) is 0 Å². The molecule has 84 valence electrons. The second-order valence-electron chi connectivity index (χ2n) is 3.65. The summed E-state index contributed by atoms with van der Waals surface area (Å²) in [7, 11) is 0. The Morgan fingerprint density at radius 3 is 2.13 bits per heavy atom. The molecule has 0 bridgehead atoms. The lowest BCUT2D eigenvalue weighted by Gasteiger charge is -2.19. The maximum absolute atomic E-state index is 12.9. The first-order valence-electron chi connectivity index (χ1n) is 5.33. The Labute approximate surface area is 89.7 Å². The summed E-state index contributed by atoms with van der Waals surface area (Å²) in [4.78, 5) is 2.16. The van der Waals surface area contributed by atoms with Crippen LogP contribution in [0, 0.1) is 11.6 Å². The molecule has 0 amide bonds. The van der Waals surface area contributed by atoms with Gasteiger partial charge in [0.2, 0.25) is 0 Å². The molecule has 0 atom stereocenters. The summed E-state index contributed by atoms with van der Waals surface area (Å²) in [5, 5.41) is 0. The highest BCUT2D eigenvalue weighted by molar-refractivity contribution is 5.17. The molecule has 0 saturated carbocycles. The standard InChI is InChI=1S/C12H17F2N/c1-3-5-15(4-2)9-10-6-11(13)8-12(14)7-10/h6-8H,3-5,9H2,1-2H3. The van der Waals surface area contributed by atoms with E-state index >= 15 is 0 Å². The summed E-state index contributed by atoms with van der Waals surface area (Å²) in [6.07, 6.45) is 1.05. The van der Waals surface area contributed by atoms with Gasteiger partial charge < -0.3 is 0 Å². The van der Waals surface area contributed by atoms with Crippen molar-refractivity contribution in [2.45, 2.75) is 26.8 Å². The minimum Gasteiger partial charge on any atom is -0.299 e. The largest absolute Gasteiger partial charge is 0.299 e. The van der Waals surface area contributed by atoms with Crippen LogP contribution in [0.4, 0.5) is 8.78 Å². The minimum absolute atomic E-state index is 0.502. The van der Waals surface area contributed by atoms with Crippen LogP contribution < -0.4 is 0 Å². The van der Waals surface area contributed by atoms with Gasteiger partial charge in [-0.1, -0.05) is 13.8 Å². The molecule has 0 spiro atoms. The average Bonchev–Trinajstić information content (AvgIpc) is 2.15. The van der Waals surface area contributed by atoms with Crippen molar-refractivity contribution >= 4 is 0 Å². The van der Waals surface area contributed by atoms with Crippen molar-refractivity contribution in [1.82, 2.24) is 4.90 Å². The molecule has 0 N–H and O–H groups in total. The molecule has 0 aromatic heterocycles. The van der Waals surface area contributed by atoms with E-state index in [2.05, 4.69) is 11.8 Å². The van der Waals surface area contributed by atoms with Gasteiger partial charge in [-0.15, -0.1) is 0 Å². The molecule has 0 aliphatic heterocycles. The van der Waals surface area contributed by atoms with Crippen molar-refractivity contribution in [3.05, 3.63) is 35.4 Å². The van der Waals surface area contributed by atoms with Crippen LogP contribution in [-0.2, 0) is 6.54 Å². The Balaban J connectivity index is 2.69. The number of hydrogen-bond acceptors (Lipinski definition) is 1. The van der Waals surface area contributed by atoms with E-state index < -0.39 is 11.6 Å². The normalized spacial score (nSPS) is 11.0. The summed E-state index contributed by atoms with van der Waals surface area (Å²) < 4.78 is 25.8. The Hall–Kier alpha value is -0.960. The molecule has 15 heavy (non-hydrogen) atoms. The van der Waals surface area contributed by atoms with Crippen molar-refractivity contribution in [2.75, 3.05) is 13.1 Å². The van der Waals surface area contributed by atoms with Gasteiger partial charge in [0, 0.05) is 12.6 Å². The smallest absolute Gasteiger partial charge is 0.126 e.